The van der Waals surface area contributed by atoms with Gasteiger partial charge in [0.05, 0.1) is 12.1 Å². The predicted octanol–water partition coefficient (Wildman–Crippen LogP) is 3.83. The molecule has 2 aromatic rings. The third-order valence-corrected chi connectivity index (χ3v) is 6.22. The highest BCUT2D eigenvalue weighted by Crippen LogP contribution is 2.26. The molecule has 7 heteroatoms. The van der Waals surface area contributed by atoms with Gasteiger partial charge in [-0.3, -0.25) is 14.5 Å². The highest BCUT2D eigenvalue weighted by Gasteiger charge is 2.24. The molecule has 0 bridgehead atoms. The van der Waals surface area contributed by atoms with Gasteiger partial charge in [-0.2, -0.15) is 0 Å². The summed E-state index contributed by atoms with van der Waals surface area (Å²) in [6.07, 6.45) is 6.80. The molecule has 1 N–H and O–H groups in total. The maximum absolute atomic E-state index is 12.4. The number of amides is 2. The molecule has 1 aromatic heterocycles. The minimum atomic E-state index is -0.0906. The highest BCUT2D eigenvalue weighted by atomic mass is 32.1. The molecule has 0 spiro atoms. The van der Waals surface area contributed by atoms with Gasteiger partial charge in [0.15, 0.2) is 5.13 Å². The molecule has 0 aliphatic carbocycles. The Hall–Kier alpha value is -2.41. The zero-order valence-corrected chi connectivity index (χ0v) is 16.8. The number of benzene rings is 1. The molecule has 0 unspecified atom stereocenters. The first-order valence-electron chi connectivity index (χ1n) is 10.1. The number of hydrogen-bond donors (Lipinski definition) is 1. The zero-order valence-electron chi connectivity index (χ0n) is 16.0. The van der Waals surface area contributed by atoms with Gasteiger partial charge in [0.2, 0.25) is 11.8 Å². The standard InChI is InChI=1S/C21H26N4O2S/c26-19(14-17-15-28-21(23-17)25-13-5-6-20(25)27)22-16-7-9-18(10-8-16)24-11-3-1-2-4-12-24/h7-10,15H,1-6,11-14H2,(H,22,26). The van der Waals surface area contributed by atoms with Crippen molar-refractivity contribution in [2.45, 2.75) is 44.9 Å². The van der Waals surface area contributed by atoms with Gasteiger partial charge in [-0.05, 0) is 43.5 Å². The van der Waals surface area contributed by atoms with Gasteiger partial charge in [-0.1, -0.05) is 12.8 Å². The topological polar surface area (TPSA) is 65.5 Å². The van der Waals surface area contributed by atoms with Gasteiger partial charge >= 0.3 is 0 Å². The molecule has 2 aliphatic heterocycles. The van der Waals surface area contributed by atoms with Crippen molar-refractivity contribution in [2.24, 2.45) is 0 Å². The van der Waals surface area contributed by atoms with Crippen molar-refractivity contribution in [3.63, 3.8) is 0 Å². The fraction of sp³-hybridized carbons (Fsp3) is 0.476. The van der Waals surface area contributed by atoms with E-state index in [1.807, 2.05) is 17.5 Å². The third kappa shape index (κ3) is 4.52. The average Bonchev–Trinajstić information content (AvgIpc) is 3.22. The van der Waals surface area contributed by atoms with Crippen LogP contribution in [0.4, 0.5) is 16.5 Å². The van der Waals surface area contributed by atoms with E-state index in [0.717, 1.165) is 31.7 Å². The van der Waals surface area contributed by atoms with Crippen LogP contribution in [0.3, 0.4) is 0 Å². The fourth-order valence-corrected chi connectivity index (χ4v) is 4.67. The van der Waals surface area contributed by atoms with Crippen LogP contribution in [0.5, 0.6) is 0 Å². The number of nitrogens with one attached hydrogen (secondary N) is 1. The summed E-state index contributed by atoms with van der Waals surface area (Å²) < 4.78 is 0. The summed E-state index contributed by atoms with van der Waals surface area (Å²) in [5, 5.41) is 5.51. The molecule has 148 valence electrons. The molecule has 2 amide bonds. The second-order valence-corrected chi connectivity index (χ2v) is 8.28. The van der Waals surface area contributed by atoms with Crippen LogP contribution in [0.25, 0.3) is 0 Å². The molecule has 3 heterocycles. The lowest BCUT2D eigenvalue weighted by atomic mass is 10.2. The van der Waals surface area contributed by atoms with E-state index in [9.17, 15) is 9.59 Å². The smallest absolute Gasteiger partial charge is 0.230 e. The monoisotopic (exact) mass is 398 g/mol. The van der Waals surface area contributed by atoms with E-state index < -0.39 is 0 Å². The summed E-state index contributed by atoms with van der Waals surface area (Å²) in [5.41, 5.74) is 2.73. The first kappa shape index (κ1) is 18.9. The van der Waals surface area contributed by atoms with Crippen molar-refractivity contribution in [2.75, 3.05) is 34.8 Å². The Morgan fingerprint density at radius 1 is 1.04 bits per heavy atom. The number of nitrogens with zero attached hydrogens (tertiary/aromatic N) is 3. The molecule has 1 aromatic carbocycles. The molecule has 0 atom stereocenters. The summed E-state index contributed by atoms with van der Waals surface area (Å²) in [4.78, 5) is 32.8. The molecule has 28 heavy (non-hydrogen) atoms. The van der Waals surface area contributed by atoms with Gasteiger partial charge < -0.3 is 10.2 Å². The Balaban J connectivity index is 1.32. The van der Waals surface area contributed by atoms with Gasteiger partial charge in [0.1, 0.15) is 0 Å². The number of carbonyl (C=O) groups excluding carboxylic acids is 2. The van der Waals surface area contributed by atoms with Gasteiger partial charge in [-0.15, -0.1) is 11.3 Å². The van der Waals surface area contributed by atoms with E-state index in [1.165, 1.54) is 42.7 Å². The lowest BCUT2D eigenvalue weighted by molar-refractivity contribution is -0.117. The molecule has 2 fully saturated rings. The van der Waals surface area contributed by atoms with Crippen LogP contribution in [-0.2, 0) is 16.0 Å². The Morgan fingerprint density at radius 3 is 2.46 bits per heavy atom. The van der Waals surface area contributed by atoms with Crippen LogP contribution in [0.1, 0.15) is 44.2 Å². The average molecular weight is 399 g/mol. The van der Waals surface area contributed by atoms with Gasteiger partial charge in [0.25, 0.3) is 0 Å². The number of hydrogen-bond acceptors (Lipinski definition) is 5. The van der Waals surface area contributed by atoms with Gasteiger partial charge in [0, 0.05) is 42.8 Å². The zero-order chi connectivity index (χ0) is 19.3. The summed E-state index contributed by atoms with van der Waals surface area (Å²) in [6, 6.07) is 8.10. The maximum Gasteiger partial charge on any atom is 0.230 e. The maximum atomic E-state index is 12.4. The molecule has 2 aliphatic rings. The Labute approximate surface area is 169 Å². The summed E-state index contributed by atoms with van der Waals surface area (Å²) in [5.74, 6) is 0.0296. The third-order valence-electron chi connectivity index (χ3n) is 5.31. The van der Waals surface area contributed by atoms with Crippen molar-refractivity contribution in [3.05, 3.63) is 35.3 Å². The largest absolute Gasteiger partial charge is 0.372 e. The van der Waals surface area contributed by atoms with Crippen LogP contribution in [-0.4, -0.2) is 36.4 Å². The van der Waals surface area contributed by atoms with Crippen molar-refractivity contribution < 1.29 is 9.59 Å². The Kier molecular flexibility index (Phi) is 5.90. The minimum Gasteiger partial charge on any atom is -0.372 e. The van der Waals surface area contributed by atoms with E-state index >= 15 is 0 Å². The Morgan fingerprint density at radius 2 is 1.79 bits per heavy atom. The lowest BCUT2D eigenvalue weighted by Gasteiger charge is -2.22. The first-order chi connectivity index (χ1) is 13.7. The van der Waals surface area contributed by atoms with Gasteiger partial charge in [-0.25, -0.2) is 4.98 Å². The van der Waals surface area contributed by atoms with Crippen LogP contribution in [0.15, 0.2) is 29.6 Å². The second-order valence-electron chi connectivity index (χ2n) is 7.44. The second kappa shape index (κ2) is 8.73. The van der Waals surface area contributed by atoms with Crippen LogP contribution < -0.4 is 15.1 Å². The van der Waals surface area contributed by atoms with E-state index in [2.05, 4.69) is 27.3 Å². The van der Waals surface area contributed by atoms with E-state index in [-0.39, 0.29) is 18.2 Å². The SMILES string of the molecule is O=C(Cc1csc(N2CCCC2=O)n1)Nc1ccc(N2CCCCCC2)cc1. The molecular formula is C21H26N4O2S. The van der Waals surface area contributed by atoms with Crippen LogP contribution in [0, 0.1) is 0 Å². The predicted molar refractivity (Wildman–Crippen MR) is 113 cm³/mol. The van der Waals surface area contributed by atoms with Crippen molar-refractivity contribution in [3.8, 4) is 0 Å². The van der Waals surface area contributed by atoms with E-state index in [0.29, 0.717) is 17.2 Å². The number of aromatic nitrogens is 1. The molecule has 4 rings (SSSR count). The first-order valence-corrected chi connectivity index (χ1v) is 11.0. The summed E-state index contributed by atoms with van der Waals surface area (Å²) in [7, 11) is 0. The molecule has 2 saturated heterocycles. The van der Waals surface area contributed by atoms with Crippen molar-refractivity contribution in [1.82, 2.24) is 4.98 Å². The minimum absolute atomic E-state index is 0.0906. The number of thiazole rings is 1. The van der Waals surface area contributed by atoms with Crippen LogP contribution in [0.2, 0.25) is 0 Å². The number of carbonyl (C=O) groups is 2. The van der Waals surface area contributed by atoms with Crippen molar-refractivity contribution in [1.29, 1.82) is 0 Å². The quantitative estimate of drug-likeness (QED) is 0.831. The number of rotatable bonds is 5. The summed E-state index contributed by atoms with van der Waals surface area (Å²) in [6.45, 7) is 2.94. The molecule has 6 nitrogen and oxygen atoms in total. The Bertz CT molecular complexity index is 825. The lowest BCUT2D eigenvalue weighted by Crippen LogP contribution is -2.24. The molecular weight excluding hydrogens is 372 g/mol. The normalized spacial score (nSPS) is 17.6. The van der Waals surface area contributed by atoms with Crippen LogP contribution >= 0.6 is 11.3 Å². The fourth-order valence-electron chi connectivity index (χ4n) is 3.81. The molecule has 0 saturated carbocycles. The number of anilines is 3. The highest BCUT2D eigenvalue weighted by molar-refractivity contribution is 7.14. The van der Waals surface area contributed by atoms with E-state index in [4.69, 9.17) is 0 Å². The molecule has 0 radical (unpaired) electrons. The van der Waals surface area contributed by atoms with Crippen molar-refractivity contribution >= 4 is 39.7 Å². The van der Waals surface area contributed by atoms with E-state index in [1.54, 1.807) is 4.90 Å². The summed E-state index contributed by atoms with van der Waals surface area (Å²) >= 11 is 1.43.